The van der Waals surface area contributed by atoms with Crippen molar-refractivity contribution in [3.8, 4) is 0 Å². The van der Waals surface area contributed by atoms with Gasteiger partial charge in [-0.2, -0.15) is 0 Å². The first-order valence-corrected chi connectivity index (χ1v) is 12.3. The second kappa shape index (κ2) is 9.52. The largest absolute Gasteiger partial charge is 0.378 e. The molecule has 0 spiro atoms. The van der Waals surface area contributed by atoms with Gasteiger partial charge in [0.2, 0.25) is 11.8 Å². The fourth-order valence-corrected chi connectivity index (χ4v) is 5.34. The SMILES string of the molecule is C=CC(=O)N1CC(NC(=O)Cn2cc(C(=O)N3CCN4CCOCC4C3)c3cc(Br)ccc32)C1. The monoisotopic (exact) mass is 529 g/mol. The van der Waals surface area contributed by atoms with Crippen LogP contribution in [0.3, 0.4) is 0 Å². The first-order valence-electron chi connectivity index (χ1n) is 11.5. The number of piperazine rings is 1. The molecule has 0 saturated carbocycles. The van der Waals surface area contributed by atoms with E-state index in [0.29, 0.717) is 38.3 Å². The Balaban J connectivity index is 1.31. The number of amides is 3. The highest BCUT2D eigenvalue weighted by Crippen LogP contribution is 2.27. The Morgan fingerprint density at radius 3 is 2.76 bits per heavy atom. The molecule has 3 aliphatic rings. The smallest absolute Gasteiger partial charge is 0.256 e. The summed E-state index contributed by atoms with van der Waals surface area (Å²) in [4.78, 5) is 43.8. The molecule has 0 aliphatic carbocycles. The standard InChI is InChI=1S/C24H28BrN5O4/c1-2-23(32)30-10-17(11-30)26-22(31)14-29-13-20(19-9-16(25)3-4-21(19)29)24(33)28-6-5-27-7-8-34-15-18(27)12-28/h2-4,9,13,17-18H,1,5-8,10-12,14-15H2,(H,26,31). The molecule has 4 heterocycles. The third kappa shape index (κ3) is 4.49. The zero-order valence-electron chi connectivity index (χ0n) is 18.9. The molecule has 3 fully saturated rings. The molecule has 1 aromatic carbocycles. The van der Waals surface area contributed by atoms with Gasteiger partial charge in [0, 0.05) is 60.8 Å². The number of hydrogen-bond acceptors (Lipinski definition) is 5. The summed E-state index contributed by atoms with van der Waals surface area (Å²) >= 11 is 3.51. The molecule has 1 aromatic heterocycles. The number of aromatic nitrogens is 1. The summed E-state index contributed by atoms with van der Waals surface area (Å²) in [6, 6.07) is 5.93. The van der Waals surface area contributed by atoms with Gasteiger partial charge in [0.15, 0.2) is 0 Å². The molecular formula is C24H28BrN5O4. The van der Waals surface area contributed by atoms with Crippen LogP contribution >= 0.6 is 15.9 Å². The number of likely N-dealkylation sites (tertiary alicyclic amines) is 1. The van der Waals surface area contributed by atoms with Crippen molar-refractivity contribution in [3.63, 3.8) is 0 Å². The number of benzene rings is 1. The molecule has 0 bridgehead atoms. The van der Waals surface area contributed by atoms with Crippen LogP contribution in [0, 0.1) is 0 Å². The van der Waals surface area contributed by atoms with E-state index in [1.165, 1.54) is 6.08 Å². The van der Waals surface area contributed by atoms with Gasteiger partial charge in [-0.15, -0.1) is 0 Å². The minimum Gasteiger partial charge on any atom is -0.378 e. The number of hydrogen-bond donors (Lipinski definition) is 1. The minimum absolute atomic E-state index is 0.0231. The molecule has 1 unspecified atom stereocenters. The first kappa shape index (κ1) is 23.1. The Morgan fingerprint density at radius 1 is 1.15 bits per heavy atom. The molecule has 2 aromatic rings. The van der Waals surface area contributed by atoms with Crippen molar-refractivity contribution in [1.82, 2.24) is 24.6 Å². The fourth-order valence-electron chi connectivity index (χ4n) is 4.98. The molecular weight excluding hydrogens is 502 g/mol. The summed E-state index contributed by atoms with van der Waals surface area (Å²) in [6.45, 7) is 9.02. The Labute approximate surface area is 206 Å². The van der Waals surface area contributed by atoms with E-state index >= 15 is 0 Å². The van der Waals surface area contributed by atoms with Crippen molar-refractivity contribution in [3.05, 3.63) is 47.1 Å². The highest BCUT2D eigenvalue weighted by molar-refractivity contribution is 9.10. The van der Waals surface area contributed by atoms with Gasteiger partial charge < -0.3 is 24.4 Å². The van der Waals surface area contributed by atoms with Crippen molar-refractivity contribution in [1.29, 1.82) is 0 Å². The number of fused-ring (bicyclic) bond motifs is 2. The van der Waals surface area contributed by atoms with Crippen LogP contribution < -0.4 is 5.32 Å². The second-order valence-electron chi connectivity index (χ2n) is 9.06. The number of ether oxygens (including phenoxy) is 1. The highest BCUT2D eigenvalue weighted by Gasteiger charge is 2.33. The Bertz CT molecular complexity index is 1140. The summed E-state index contributed by atoms with van der Waals surface area (Å²) in [5.41, 5.74) is 1.43. The first-order chi connectivity index (χ1) is 16.4. The van der Waals surface area contributed by atoms with Crippen LogP contribution in [0.25, 0.3) is 10.9 Å². The highest BCUT2D eigenvalue weighted by atomic mass is 79.9. The summed E-state index contributed by atoms with van der Waals surface area (Å²) in [6.07, 6.45) is 3.07. The zero-order valence-corrected chi connectivity index (χ0v) is 20.5. The zero-order chi connectivity index (χ0) is 23.8. The van der Waals surface area contributed by atoms with Gasteiger partial charge in [-0.1, -0.05) is 22.5 Å². The molecule has 5 rings (SSSR count). The number of nitrogens with zero attached hydrogens (tertiary/aromatic N) is 4. The molecule has 9 nitrogen and oxygen atoms in total. The lowest BCUT2D eigenvalue weighted by Crippen LogP contribution is -2.61. The number of rotatable bonds is 5. The van der Waals surface area contributed by atoms with Crippen LogP contribution in [-0.2, 0) is 20.9 Å². The van der Waals surface area contributed by atoms with E-state index < -0.39 is 0 Å². The topological polar surface area (TPSA) is 87.1 Å². The Kier molecular flexibility index (Phi) is 6.46. The van der Waals surface area contributed by atoms with Crippen molar-refractivity contribution in [2.45, 2.75) is 18.6 Å². The van der Waals surface area contributed by atoms with Crippen LogP contribution in [-0.4, -0.2) is 102 Å². The summed E-state index contributed by atoms with van der Waals surface area (Å²) in [5, 5.41) is 3.79. The third-order valence-corrected chi connectivity index (χ3v) is 7.34. The minimum atomic E-state index is -0.150. The average Bonchev–Trinajstić information content (AvgIpc) is 3.16. The lowest BCUT2D eigenvalue weighted by Gasteiger charge is -2.43. The van der Waals surface area contributed by atoms with E-state index in [1.807, 2.05) is 27.7 Å². The van der Waals surface area contributed by atoms with E-state index in [2.05, 4.69) is 32.7 Å². The molecule has 0 radical (unpaired) electrons. The van der Waals surface area contributed by atoms with Crippen molar-refractivity contribution in [2.24, 2.45) is 0 Å². The summed E-state index contributed by atoms with van der Waals surface area (Å²) < 4.78 is 8.32. The molecule has 1 atom stereocenters. The predicted octanol–water partition coefficient (Wildman–Crippen LogP) is 1.07. The number of carbonyl (C=O) groups excluding carboxylic acids is 3. The van der Waals surface area contributed by atoms with E-state index in [4.69, 9.17) is 4.74 Å². The van der Waals surface area contributed by atoms with Crippen LogP contribution in [0.2, 0.25) is 0 Å². The van der Waals surface area contributed by atoms with Crippen molar-refractivity contribution >= 4 is 44.6 Å². The fraction of sp³-hybridized carbons (Fsp3) is 0.458. The van der Waals surface area contributed by atoms with Gasteiger partial charge in [-0.3, -0.25) is 19.3 Å². The molecule has 10 heteroatoms. The number of halogens is 1. The molecule has 34 heavy (non-hydrogen) atoms. The van der Waals surface area contributed by atoms with Gasteiger partial charge >= 0.3 is 0 Å². The molecule has 3 amide bonds. The maximum Gasteiger partial charge on any atom is 0.256 e. The van der Waals surface area contributed by atoms with Gasteiger partial charge in [-0.25, -0.2) is 0 Å². The van der Waals surface area contributed by atoms with E-state index in [0.717, 1.165) is 35.1 Å². The molecule has 1 N–H and O–H groups in total. The van der Waals surface area contributed by atoms with Gasteiger partial charge in [0.25, 0.3) is 5.91 Å². The molecule has 180 valence electrons. The van der Waals surface area contributed by atoms with Crippen LogP contribution in [0.1, 0.15) is 10.4 Å². The predicted molar refractivity (Wildman–Crippen MR) is 130 cm³/mol. The maximum absolute atomic E-state index is 13.6. The van der Waals surface area contributed by atoms with E-state index in [1.54, 1.807) is 11.1 Å². The summed E-state index contributed by atoms with van der Waals surface area (Å²) in [7, 11) is 0. The third-order valence-electron chi connectivity index (χ3n) is 6.85. The average molecular weight is 530 g/mol. The van der Waals surface area contributed by atoms with Crippen molar-refractivity contribution in [2.75, 3.05) is 52.5 Å². The lowest BCUT2D eigenvalue weighted by molar-refractivity contribution is -0.133. The quantitative estimate of drug-likeness (QED) is 0.585. The lowest BCUT2D eigenvalue weighted by atomic mass is 10.1. The van der Waals surface area contributed by atoms with Crippen LogP contribution in [0.15, 0.2) is 41.5 Å². The van der Waals surface area contributed by atoms with Gasteiger partial charge in [0.1, 0.15) is 6.54 Å². The second-order valence-corrected chi connectivity index (χ2v) is 9.98. The van der Waals surface area contributed by atoms with E-state index in [-0.39, 0.29) is 36.3 Å². The Morgan fingerprint density at radius 2 is 1.97 bits per heavy atom. The van der Waals surface area contributed by atoms with E-state index in [9.17, 15) is 14.4 Å². The molecule has 3 aliphatic heterocycles. The maximum atomic E-state index is 13.6. The van der Waals surface area contributed by atoms with Crippen LogP contribution in [0.4, 0.5) is 0 Å². The normalized spacial score (nSPS) is 21.1. The van der Waals surface area contributed by atoms with Crippen LogP contribution in [0.5, 0.6) is 0 Å². The Hall–Kier alpha value is -2.69. The number of nitrogens with one attached hydrogen (secondary N) is 1. The van der Waals surface area contributed by atoms with Gasteiger partial charge in [-0.05, 0) is 24.3 Å². The number of morpholine rings is 1. The van der Waals surface area contributed by atoms with Crippen molar-refractivity contribution < 1.29 is 19.1 Å². The van der Waals surface area contributed by atoms with Gasteiger partial charge in [0.05, 0.1) is 30.9 Å². The molecule has 3 saturated heterocycles. The number of carbonyl (C=O) groups is 3. The summed E-state index contributed by atoms with van der Waals surface area (Å²) in [5.74, 6) is -0.302.